The van der Waals surface area contributed by atoms with Gasteiger partial charge in [-0.25, -0.2) is 13.1 Å². The lowest BCUT2D eigenvalue weighted by atomic mass is 10.3. The first kappa shape index (κ1) is 13.2. The van der Waals surface area contributed by atoms with Gasteiger partial charge < -0.3 is 10.8 Å². The van der Waals surface area contributed by atoms with Gasteiger partial charge in [-0.3, -0.25) is 0 Å². The van der Waals surface area contributed by atoms with E-state index in [0.717, 1.165) is 0 Å². The number of hydrogen-bond donors (Lipinski definition) is 3. The number of benzene rings is 1. The number of aromatic nitrogens is 2. The first-order chi connectivity index (χ1) is 8.99. The van der Waals surface area contributed by atoms with E-state index in [9.17, 15) is 13.5 Å². The Bertz CT molecular complexity index is 674. The summed E-state index contributed by atoms with van der Waals surface area (Å²) in [5.41, 5.74) is 5.96. The van der Waals surface area contributed by atoms with E-state index in [0.29, 0.717) is 5.69 Å². The van der Waals surface area contributed by atoms with Gasteiger partial charge in [-0.1, -0.05) is 0 Å². The van der Waals surface area contributed by atoms with Gasteiger partial charge in [0.25, 0.3) is 0 Å². The fourth-order valence-electron chi connectivity index (χ4n) is 1.38. The van der Waals surface area contributed by atoms with Crippen LogP contribution in [0.1, 0.15) is 5.69 Å². The Labute approximate surface area is 110 Å². The highest BCUT2D eigenvalue weighted by Gasteiger charge is 2.15. The molecule has 0 fully saturated rings. The molecule has 0 amide bonds. The molecule has 0 aliphatic carbocycles. The molecule has 0 saturated heterocycles. The van der Waals surface area contributed by atoms with Gasteiger partial charge in [0.1, 0.15) is 5.75 Å². The van der Waals surface area contributed by atoms with Crippen molar-refractivity contribution in [1.82, 2.24) is 14.9 Å². The van der Waals surface area contributed by atoms with E-state index in [1.165, 1.54) is 24.4 Å². The van der Waals surface area contributed by atoms with Crippen molar-refractivity contribution in [3.8, 4) is 5.75 Å². The van der Waals surface area contributed by atoms with E-state index in [1.807, 2.05) is 0 Å². The molecular formula is C11H12N4O3S. The average Bonchev–Trinajstić information content (AvgIpc) is 2.41. The smallest absolute Gasteiger partial charge is 0.241 e. The summed E-state index contributed by atoms with van der Waals surface area (Å²) in [6.07, 6.45) is 1.50. The molecule has 8 heteroatoms. The zero-order chi connectivity index (χ0) is 13.9. The Kier molecular flexibility index (Phi) is 3.63. The van der Waals surface area contributed by atoms with Crippen molar-refractivity contribution in [2.45, 2.75) is 11.4 Å². The Hall–Kier alpha value is -2.19. The second-order valence-electron chi connectivity index (χ2n) is 3.76. The highest BCUT2D eigenvalue weighted by Crippen LogP contribution is 2.22. The molecule has 100 valence electrons. The summed E-state index contributed by atoms with van der Waals surface area (Å²) in [5, 5.41) is 16.7. The van der Waals surface area contributed by atoms with E-state index < -0.39 is 10.0 Å². The lowest BCUT2D eigenvalue weighted by Gasteiger charge is -2.07. The maximum absolute atomic E-state index is 12.0. The third kappa shape index (κ3) is 3.18. The van der Waals surface area contributed by atoms with Crippen LogP contribution in [0, 0.1) is 0 Å². The molecule has 19 heavy (non-hydrogen) atoms. The molecule has 0 atom stereocenters. The molecule has 2 rings (SSSR count). The number of nitrogen functional groups attached to an aromatic ring is 1. The standard InChI is InChI=1S/C11H12N4O3S/c12-10-6-9(3-4-11(10)16)19(17,18)14-7-8-2-1-5-13-15-8/h1-6,14,16H,7,12H2. The molecule has 0 spiro atoms. The Morgan fingerprint density at radius 1 is 1.32 bits per heavy atom. The van der Waals surface area contributed by atoms with Crippen LogP contribution in [0.25, 0.3) is 0 Å². The predicted octanol–water partition coefficient (Wildman–Crippen LogP) is 0.243. The lowest BCUT2D eigenvalue weighted by Crippen LogP contribution is -2.23. The van der Waals surface area contributed by atoms with Gasteiger partial charge in [-0.15, -0.1) is 0 Å². The Morgan fingerprint density at radius 3 is 2.74 bits per heavy atom. The maximum atomic E-state index is 12.0. The highest BCUT2D eigenvalue weighted by atomic mass is 32.2. The quantitative estimate of drug-likeness (QED) is 0.545. The molecule has 7 nitrogen and oxygen atoms in total. The van der Waals surface area contributed by atoms with Crippen LogP contribution in [0.15, 0.2) is 41.4 Å². The van der Waals surface area contributed by atoms with E-state index >= 15 is 0 Å². The summed E-state index contributed by atoms with van der Waals surface area (Å²) in [5.74, 6) is -0.159. The average molecular weight is 280 g/mol. The molecular weight excluding hydrogens is 268 g/mol. The molecule has 4 N–H and O–H groups in total. The number of nitrogens with one attached hydrogen (secondary N) is 1. The number of sulfonamides is 1. The maximum Gasteiger partial charge on any atom is 0.241 e. The van der Waals surface area contributed by atoms with Gasteiger partial charge >= 0.3 is 0 Å². The van der Waals surface area contributed by atoms with E-state index in [2.05, 4.69) is 14.9 Å². The van der Waals surface area contributed by atoms with Crippen LogP contribution in [0.2, 0.25) is 0 Å². The topological polar surface area (TPSA) is 118 Å². The summed E-state index contributed by atoms with van der Waals surface area (Å²) >= 11 is 0. The number of hydrogen-bond acceptors (Lipinski definition) is 6. The third-order valence-electron chi connectivity index (χ3n) is 2.38. The minimum atomic E-state index is -3.71. The van der Waals surface area contributed by atoms with Crippen molar-refractivity contribution in [1.29, 1.82) is 0 Å². The summed E-state index contributed by atoms with van der Waals surface area (Å²) < 4.78 is 26.3. The van der Waals surface area contributed by atoms with Crippen LogP contribution in [-0.2, 0) is 16.6 Å². The molecule has 0 saturated carbocycles. The molecule has 0 bridgehead atoms. The van der Waals surface area contributed by atoms with Crippen molar-refractivity contribution >= 4 is 15.7 Å². The molecule has 1 aromatic heterocycles. The van der Waals surface area contributed by atoms with Crippen LogP contribution < -0.4 is 10.5 Å². The van der Waals surface area contributed by atoms with Crippen molar-refractivity contribution in [3.05, 3.63) is 42.2 Å². The highest BCUT2D eigenvalue weighted by molar-refractivity contribution is 7.89. The number of nitrogens with two attached hydrogens (primary N) is 1. The number of rotatable bonds is 4. The first-order valence-electron chi connectivity index (χ1n) is 5.34. The summed E-state index contributed by atoms with van der Waals surface area (Å²) in [6.45, 7) is 0.0248. The Balaban J connectivity index is 2.16. The zero-order valence-corrected chi connectivity index (χ0v) is 10.6. The molecule has 2 aromatic rings. The van der Waals surface area contributed by atoms with Crippen molar-refractivity contribution in [3.63, 3.8) is 0 Å². The van der Waals surface area contributed by atoms with Gasteiger partial charge in [-0.2, -0.15) is 10.2 Å². The normalized spacial score (nSPS) is 11.4. The van der Waals surface area contributed by atoms with E-state index in [-0.39, 0.29) is 22.9 Å². The molecule has 0 radical (unpaired) electrons. The van der Waals surface area contributed by atoms with Gasteiger partial charge in [0.15, 0.2) is 0 Å². The van der Waals surface area contributed by atoms with Gasteiger partial charge in [0, 0.05) is 6.20 Å². The second kappa shape index (κ2) is 5.21. The second-order valence-corrected chi connectivity index (χ2v) is 5.53. The van der Waals surface area contributed by atoms with Crippen molar-refractivity contribution in [2.75, 3.05) is 5.73 Å². The fourth-order valence-corrected chi connectivity index (χ4v) is 2.41. The van der Waals surface area contributed by atoms with Crippen molar-refractivity contribution < 1.29 is 13.5 Å². The van der Waals surface area contributed by atoms with E-state index in [4.69, 9.17) is 5.73 Å². The summed E-state index contributed by atoms with van der Waals surface area (Å²) in [4.78, 5) is -0.0216. The first-order valence-corrected chi connectivity index (χ1v) is 6.82. The molecule has 0 aliphatic rings. The minimum Gasteiger partial charge on any atom is -0.506 e. The molecule has 0 aliphatic heterocycles. The number of phenolic OH excluding ortho intramolecular Hbond substituents is 1. The van der Waals surface area contributed by atoms with Gasteiger partial charge in [0.2, 0.25) is 10.0 Å². The number of anilines is 1. The van der Waals surface area contributed by atoms with Gasteiger partial charge in [0.05, 0.1) is 22.8 Å². The van der Waals surface area contributed by atoms with E-state index in [1.54, 1.807) is 12.1 Å². The fraction of sp³-hybridized carbons (Fsp3) is 0.0909. The monoisotopic (exact) mass is 280 g/mol. The van der Waals surface area contributed by atoms with Crippen LogP contribution in [0.4, 0.5) is 5.69 Å². The van der Waals surface area contributed by atoms with Crippen molar-refractivity contribution in [2.24, 2.45) is 0 Å². The van der Waals surface area contributed by atoms with Crippen LogP contribution in [-0.4, -0.2) is 23.7 Å². The predicted molar refractivity (Wildman–Crippen MR) is 68.6 cm³/mol. The van der Waals surface area contributed by atoms with Crippen LogP contribution in [0.5, 0.6) is 5.75 Å². The largest absolute Gasteiger partial charge is 0.506 e. The number of nitrogens with zero attached hydrogens (tertiary/aromatic N) is 2. The number of phenols is 1. The zero-order valence-electron chi connectivity index (χ0n) is 9.81. The third-order valence-corrected chi connectivity index (χ3v) is 3.78. The van der Waals surface area contributed by atoms with Gasteiger partial charge in [-0.05, 0) is 30.3 Å². The molecule has 1 heterocycles. The molecule has 0 unspecified atom stereocenters. The Morgan fingerprint density at radius 2 is 2.11 bits per heavy atom. The SMILES string of the molecule is Nc1cc(S(=O)(=O)NCc2cccnn2)ccc1O. The molecule has 1 aromatic carbocycles. The number of aromatic hydroxyl groups is 1. The van der Waals surface area contributed by atoms with Crippen LogP contribution >= 0.6 is 0 Å². The summed E-state index contributed by atoms with van der Waals surface area (Å²) in [7, 11) is -3.71. The lowest BCUT2D eigenvalue weighted by molar-refractivity contribution is 0.477. The van der Waals surface area contributed by atoms with Crippen LogP contribution in [0.3, 0.4) is 0 Å². The summed E-state index contributed by atoms with van der Waals surface area (Å²) in [6, 6.07) is 7.00. The minimum absolute atomic E-state index is 0.00220.